The number of hydrogen-bond acceptors (Lipinski definition) is 3. The Bertz CT molecular complexity index is 284. The molecule has 0 bridgehead atoms. The van der Waals surface area contributed by atoms with Gasteiger partial charge in [0.05, 0.1) is 11.0 Å². The van der Waals surface area contributed by atoms with E-state index in [-0.39, 0.29) is 11.8 Å². The molecular formula is C10H16N2OS. The van der Waals surface area contributed by atoms with Gasteiger partial charge in [-0.2, -0.15) is 0 Å². The van der Waals surface area contributed by atoms with Crippen molar-refractivity contribution in [3.63, 3.8) is 0 Å². The highest BCUT2D eigenvalue weighted by Gasteiger charge is 2.19. The molecule has 4 heteroatoms. The van der Waals surface area contributed by atoms with E-state index in [0.29, 0.717) is 0 Å². The van der Waals surface area contributed by atoms with Crippen molar-refractivity contribution < 1.29 is 4.79 Å². The fourth-order valence-electron chi connectivity index (χ4n) is 1.07. The van der Waals surface area contributed by atoms with Crippen LogP contribution in [0.25, 0.3) is 0 Å². The minimum absolute atomic E-state index is 0.0956. The largest absolute Gasteiger partial charge is 0.320 e. The summed E-state index contributed by atoms with van der Waals surface area (Å²) in [5.41, 5.74) is 5.78. The van der Waals surface area contributed by atoms with E-state index in [1.165, 1.54) is 11.3 Å². The van der Waals surface area contributed by atoms with Gasteiger partial charge >= 0.3 is 0 Å². The molecule has 1 rings (SSSR count). The van der Waals surface area contributed by atoms with Gasteiger partial charge in [-0.1, -0.05) is 20.3 Å². The van der Waals surface area contributed by atoms with Crippen molar-refractivity contribution in [1.29, 1.82) is 0 Å². The van der Waals surface area contributed by atoms with Gasteiger partial charge in [0, 0.05) is 0 Å². The molecule has 0 fully saturated rings. The molecule has 0 saturated carbocycles. The first-order valence-corrected chi connectivity index (χ1v) is 5.63. The van der Waals surface area contributed by atoms with Gasteiger partial charge in [0.1, 0.15) is 0 Å². The highest BCUT2D eigenvalue weighted by Crippen LogP contribution is 2.16. The molecule has 1 amide bonds. The molecule has 0 unspecified atom stereocenters. The van der Waals surface area contributed by atoms with Crippen LogP contribution in [0, 0.1) is 5.92 Å². The zero-order chi connectivity index (χ0) is 10.6. The maximum atomic E-state index is 11.6. The maximum absolute atomic E-state index is 11.6. The van der Waals surface area contributed by atoms with Gasteiger partial charge in [-0.25, -0.2) is 0 Å². The second kappa shape index (κ2) is 5.12. The van der Waals surface area contributed by atoms with Crippen molar-refractivity contribution in [3.05, 3.63) is 17.5 Å². The molecule has 0 saturated heterocycles. The molecule has 3 N–H and O–H groups in total. The Morgan fingerprint density at radius 2 is 2.43 bits per heavy atom. The molecule has 1 aromatic rings. The van der Waals surface area contributed by atoms with Crippen LogP contribution in [0.15, 0.2) is 17.5 Å². The average Bonchev–Trinajstić information content (AvgIpc) is 2.68. The lowest BCUT2D eigenvalue weighted by Crippen LogP contribution is -2.40. The quantitative estimate of drug-likeness (QED) is 0.802. The first-order chi connectivity index (χ1) is 6.65. The van der Waals surface area contributed by atoms with E-state index in [2.05, 4.69) is 5.32 Å². The number of thiophene rings is 1. The van der Waals surface area contributed by atoms with Gasteiger partial charge in [-0.05, 0) is 23.4 Å². The van der Waals surface area contributed by atoms with E-state index < -0.39 is 6.04 Å². The van der Waals surface area contributed by atoms with Crippen LogP contribution in [0.2, 0.25) is 0 Å². The topological polar surface area (TPSA) is 55.1 Å². The first-order valence-electron chi connectivity index (χ1n) is 4.75. The van der Waals surface area contributed by atoms with Crippen LogP contribution in [0.1, 0.15) is 20.3 Å². The lowest BCUT2D eigenvalue weighted by molar-refractivity contribution is -0.118. The highest BCUT2D eigenvalue weighted by molar-refractivity contribution is 7.14. The Morgan fingerprint density at radius 3 is 2.93 bits per heavy atom. The van der Waals surface area contributed by atoms with Gasteiger partial charge in [-0.3, -0.25) is 4.79 Å². The van der Waals surface area contributed by atoms with E-state index in [0.717, 1.165) is 11.4 Å². The zero-order valence-electron chi connectivity index (χ0n) is 8.49. The number of hydrogen-bond donors (Lipinski definition) is 2. The number of anilines is 1. The monoisotopic (exact) mass is 212 g/mol. The third-order valence-corrected chi connectivity index (χ3v) is 3.11. The van der Waals surface area contributed by atoms with Crippen molar-refractivity contribution in [1.82, 2.24) is 0 Å². The van der Waals surface area contributed by atoms with Crippen LogP contribution in [0.3, 0.4) is 0 Å². The second-order valence-corrected chi connectivity index (χ2v) is 4.33. The summed E-state index contributed by atoms with van der Waals surface area (Å²) in [6.07, 6.45) is 0.916. The molecule has 0 aromatic carbocycles. The number of carbonyl (C=O) groups excluding carboxylic acids is 1. The van der Waals surface area contributed by atoms with Crippen molar-refractivity contribution in [2.45, 2.75) is 26.3 Å². The molecule has 0 spiro atoms. The second-order valence-electron chi connectivity index (χ2n) is 3.38. The SMILES string of the molecule is CC[C@H](C)[C@H](N)C(=O)Nc1cccs1. The lowest BCUT2D eigenvalue weighted by Gasteiger charge is -2.16. The van der Waals surface area contributed by atoms with Gasteiger partial charge in [0.2, 0.25) is 5.91 Å². The minimum Gasteiger partial charge on any atom is -0.320 e. The van der Waals surface area contributed by atoms with Crippen LogP contribution in [0.4, 0.5) is 5.00 Å². The molecule has 1 heterocycles. The maximum Gasteiger partial charge on any atom is 0.242 e. The number of nitrogens with one attached hydrogen (secondary N) is 1. The highest BCUT2D eigenvalue weighted by atomic mass is 32.1. The van der Waals surface area contributed by atoms with Gasteiger partial charge in [0.25, 0.3) is 0 Å². The molecule has 78 valence electrons. The molecular weight excluding hydrogens is 196 g/mol. The van der Waals surface area contributed by atoms with Gasteiger partial charge in [-0.15, -0.1) is 11.3 Å². The number of amides is 1. The van der Waals surface area contributed by atoms with E-state index in [9.17, 15) is 4.79 Å². The van der Waals surface area contributed by atoms with Crippen LogP contribution >= 0.6 is 11.3 Å². The Balaban J connectivity index is 2.50. The van der Waals surface area contributed by atoms with Crippen molar-refractivity contribution in [2.24, 2.45) is 11.7 Å². The molecule has 1 aromatic heterocycles. The summed E-state index contributed by atoms with van der Waals surface area (Å²) < 4.78 is 0. The zero-order valence-corrected chi connectivity index (χ0v) is 9.30. The summed E-state index contributed by atoms with van der Waals surface area (Å²) in [5, 5.41) is 5.57. The molecule has 0 aliphatic heterocycles. The van der Waals surface area contributed by atoms with Crippen molar-refractivity contribution in [3.8, 4) is 0 Å². The smallest absolute Gasteiger partial charge is 0.242 e. The molecule has 3 nitrogen and oxygen atoms in total. The predicted molar refractivity (Wildman–Crippen MR) is 60.4 cm³/mol. The first kappa shape index (κ1) is 11.2. The number of rotatable bonds is 4. The molecule has 2 atom stereocenters. The Labute approximate surface area is 88.3 Å². The van der Waals surface area contributed by atoms with Crippen LogP contribution in [0.5, 0.6) is 0 Å². The molecule has 0 aliphatic carbocycles. The fourth-order valence-corrected chi connectivity index (χ4v) is 1.69. The summed E-state index contributed by atoms with van der Waals surface area (Å²) in [7, 11) is 0. The summed E-state index contributed by atoms with van der Waals surface area (Å²) >= 11 is 1.50. The summed E-state index contributed by atoms with van der Waals surface area (Å²) in [6.45, 7) is 4.02. The fraction of sp³-hybridized carbons (Fsp3) is 0.500. The van der Waals surface area contributed by atoms with Gasteiger partial charge < -0.3 is 11.1 Å². The lowest BCUT2D eigenvalue weighted by atomic mass is 9.99. The van der Waals surface area contributed by atoms with E-state index in [4.69, 9.17) is 5.73 Å². The number of carbonyl (C=O) groups is 1. The van der Waals surface area contributed by atoms with E-state index in [1.807, 2.05) is 31.4 Å². The molecule has 14 heavy (non-hydrogen) atoms. The third-order valence-electron chi connectivity index (χ3n) is 2.33. The predicted octanol–water partition coefficient (Wildman–Crippen LogP) is 2.06. The number of nitrogens with two attached hydrogens (primary N) is 1. The van der Waals surface area contributed by atoms with Crippen LogP contribution < -0.4 is 11.1 Å². The Morgan fingerprint density at radius 1 is 1.71 bits per heavy atom. The summed E-state index contributed by atoms with van der Waals surface area (Å²) in [4.78, 5) is 11.6. The van der Waals surface area contributed by atoms with E-state index >= 15 is 0 Å². The minimum atomic E-state index is -0.415. The van der Waals surface area contributed by atoms with Crippen molar-refractivity contribution in [2.75, 3.05) is 5.32 Å². The molecule has 0 aliphatic rings. The van der Waals surface area contributed by atoms with Gasteiger partial charge in [0.15, 0.2) is 0 Å². The normalized spacial score (nSPS) is 14.8. The van der Waals surface area contributed by atoms with Crippen molar-refractivity contribution >= 4 is 22.2 Å². The summed E-state index contributed by atoms with van der Waals surface area (Å²) in [5.74, 6) is 0.122. The summed E-state index contributed by atoms with van der Waals surface area (Å²) in [6, 6.07) is 3.35. The van der Waals surface area contributed by atoms with E-state index in [1.54, 1.807) is 0 Å². The van der Waals surface area contributed by atoms with Crippen LogP contribution in [-0.4, -0.2) is 11.9 Å². The Kier molecular flexibility index (Phi) is 4.10. The molecule has 0 radical (unpaired) electrons. The third kappa shape index (κ3) is 2.82. The average molecular weight is 212 g/mol. The standard InChI is InChI=1S/C10H16N2OS/c1-3-7(2)9(11)10(13)12-8-5-4-6-14-8/h4-7,9H,3,11H2,1-2H3,(H,12,13)/t7-,9-/m0/s1. The van der Waals surface area contributed by atoms with Crippen LogP contribution in [-0.2, 0) is 4.79 Å². The Hall–Kier alpha value is -0.870.